The van der Waals surface area contributed by atoms with Gasteiger partial charge in [0, 0.05) is 17.6 Å². The average molecular weight is 445 g/mol. The van der Waals surface area contributed by atoms with Crippen molar-refractivity contribution in [2.75, 3.05) is 11.4 Å². The number of sulfonamides is 2. The number of aryl methyl sites for hydroxylation is 2. The molecule has 0 aromatic heterocycles. The lowest BCUT2D eigenvalue weighted by molar-refractivity contribution is 0.491. The topological polar surface area (TPSA) is 83.6 Å². The lowest BCUT2D eigenvalue weighted by atomic mass is 10.1. The highest BCUT2D eigenvalue weighted by molar-refractivity contribution is 7.92. The number of benzene rings is 2. The highest BCUT2D eigenvalue weighted by atomic mass is 35.5. The maximum Gasteiger partial charge on any atom is 0.264 e. The third kappa shape index (κ3) is 4.86. The Bertz CT molecular complexity index is 1090. The molecule has 0 aliphatic heterocycles. The summed E-state index contributed by atoms with van der Waals surface area (Å²) in [7, 11) is -6.31. The fourth-order valence-electron chi connectivity index (χ4n) is 2.80. The van der Waals surface area contributed by atoms with E-state index >= 15 is 0 Å². The number of hydrogen-bond acceptors (Lipinski definition) is 4. The largest absolute Gasteiger partial charge is 0.269 e. The van der Waals surface area contributed by atoms with Gasteiger partial charge in [-0.25, -0.2) is 21.6 Å². The first kappa shape index (κ1) is 22.7. The molecular formula is C19H25ClN2O4S2. The Morgan fingerprint density at radius 3 is 1.96 bits per heavy atom. The van der Waals surface area contributed by atoms with Crippen LogP contribution in [0.2, 0.25) is 5.02 Å². The van der Waals surface area contributed by atoms with Crippen LogP contribution in [0.15, 0.2) is 46.2 Å². The van der Waals surface area contributed by atoms with Crippen molar-refractivity contribution in [2.45, 2.75) is 49.9 Å². The fraction of sp³-hybridized carbons (Fsp3) is 0.368. The molecule has 6 nitrogen and oxygen atoms in total. The van der Waals surface area contributed by atoms with Crippen molar-refractivity contribution in [3.63, 3.8) is 0 Å². The Morgan fingerprint density at radius 2 is 1.46 bits per heavy atom. The van der Waals surface area contributed by atoms with E-state index in [1.54, 1.807) is 40.7 Å². The zero-order valence-corrected chi connectivity index (χ0v) is 19.1. The molecule has 2 rings (SSSR count). The van der Waals surface area contributed by atoms with E-state index in [0.29, 0.717) is 16.1 Å². The van der Waals surface area contributed by atoms with Gasteiger partial charge < -0.3 is 0 Å². The Hall–Kier alpha value is -1.61. The van der Waals surface area contributed by atoms with Crippen LogP contribution >= 0.6 is 11.6 Å². The molecule has 0 spiro atoms. The smallest absolute Gasteiger partial charge is 0.264 e. The molecule has 0 saturated carbocycles. The zero-order chi connectivity index (χ0) is 21.5. The summed E-state index contributed by atoms with van der Waals surface area (Å²) in [5.41, 5.74) is 0.801. The summed E-state index contributed by atoms with van der Waals surface area (Å²) in [6.07, 6.45) is 0. The van der Waals surface area contributed by atoms with E-state index in [1.165, 1.54) is 37.4 Å². The molecule has 9 heteroatoms. The van der Waals surface area contributed by atoms with Crippen LogP contribution in [-0.4, -0.2) is 29.4 Å². The van der Waals surface area contributed by atoms with Gasteiger partial charge in [0.25, 0.3) is 10.0 Å². The molecule has 0 radical (unpaired) electrons. The first-order valence-corrected chi connectivity index (χ1v) is 11.8. The molecule has 0 fully saturated rings. The van der Waals surface area contributed by atoms with E-state index in [9.17, 15) is 16.8 Å². The first-order chi connectivity index (χ1) is 12.6. The van der Waals surface area contributed by atoms with Crippen molar-refractivity contribution in [1.29, 1.82) is 0 Å². The molecule has 28 heavy (non-hydrogen) atoms. The van der Waals surface area contributed by atoms with Crippen LogP contribution in [-0.2, 0) is 20.0 Å². The van der Waals surface area contributed by atoms with Gasteiger partial charge in [0.2, 0.25) is 10.0 Å². The van der Waals surface area contributed by atoms with Crippen LogP contribution in [0.3, 0.4) is 0 Å². The summed E-state index contributed by atoms with van der Waals surface area (Å²) in [6, 6.07) is 8.88. The van der Waals surface area contributed by atoms with Gasteiger partial charge in [-0.15, -0.1) is 0 Å². The zero-order valence-electron chi connectivity index (χ0n) is 16.7. The molecule has 0 aliphatic rings. The second kappa shape index (κ2) is 7.67. The lowest BCUT2D eigenvalue weighted by Crippen LogP contribution is -2.40. The Balaban J connectivity index is 2.59. The van der Waals surface area contributed by atoms with E-state index in [1.807, 2.05) is 0 Å². The van der Waals surface area contributed by atoms with E-state index < -0.39 is 25.6 Å². The highest BCUT2D eigenvalue weighted by Gasteiger charge is 2.28. The summed E-state index contributed by atoms with van der Waals surface area (Å²) in [5.74, 6) is 0. The number of hydrogen-bond donors (Lipinski definition) is 1. The van der Waals surface area contributed by atoms with Crippen molar-refractivity contribution in [2.24, 2.45) is 0 Å². The molecule has 0 unspecified atom stereocenters. The molecule has 0 heterocycles. The van der Waals surface area contributed by atoms with E-state index in [-0.39, 0.29) is 15.5 Å². The second-order valence-corrected chi connectivity index (χ2v) is 11.7. The predicted molar refractivity (Wildman–Crippen MR) is 113 cm³/mol. The Labute approximate surface area is 172 Å². The second-order valence-electron chi connectivity index (χ2n) is 7.69. The monoisotopic (exact) mass is 444 g/mol. The molecule has 0 bridgehead atoms. The minimum Gasteiger partial charge on any atom is -0.269 e. The minimum atomic E-state index is -3.88. The summed E-state index contributed by atoms with van der Waals surface area (Å²) in [6.45, 7) is 8.65. The van der Waals surface area contributed by atoms with Crippen molar-refractivity contribution in [3.05, 3.63) is 52.5 Å². The van der Waals surface area contributed by atoms with Gasteiger partial charge in [0.05, 0.1) is 15.5 Å². The number of anilines is 1. The normalized spacial score (nSPS) is 12.8. The maximum absolute atomic E-state index is 13.0. The third-order valence-corrected chi connectivity index (χ3v) is 7.97. The Kier molecular flexibility index (Phi) is 6.21. The van der Waals surface area contributed by atoms with Gasteiger partial charge in [-0.05, 0) is 76.1 Å². The van der Waals surface area contributed by atoms with Gasteiger partial charge in [0.1, 0.15) is 0 Å². The summed E-state index contributed by atoms with van der Waals surface area (Å²) in [4.78, 5) is 0.109. The highest BCUT2D eigenvalue weighted by Crippen LogP contribution is 2.31. The third-order valence-electron chi connectivity index (χ3n) is 4.03. The quantitative estimate of drug-likeness (QED) is 0.758. The van der Waals surface area contributed by atoms with Crippen molar-refractivity contribution < 1.29 is 16.8 Å². The molecule has 1 N–H and O–H groups in total. The van der Waals surface area contributed by atoms with Crippen LogP contribution in [0.1, 0.15) is 31.9 Å². The predicted octanol–water partition coefficient (Wildman–Crippen LogP) is 3.86. The maximum atomic E-state index is 13.0. The van der Waals surface area contributed by atoms with Crippen LogP contribution in [0.5, 0.6) is 0 Å². The molecular weight excluding hydrogens is 420 g/mol. The van der Waals surface area contributed by atoms with E-state index in [0.717, 1.165) is 4.31 Å². The number of rotatable bonds is 5. The van der Waals surface area contributed by atoms with Crippen LogP contribution < -0.4 is 9.03 Å². The van der Waals surface area contributed by atoms with Gasteiger partial charge >= 0.3 is 0 Å². The number of halogens is 1. The molecule has 154 valence electrons. The molecule has 0 aliphatic carbocycles. The van der Waals surface area contributed by atoms with E-state index in [4.69, 9.17) is 11.6 Å². The van der Waals surface area contributed by atoms with Gasteiger partial charge in [-0.1, -0.05) is 17.7 Å². The summed E-state index contributed by atoms with van der Waals surface area (Å²) >= 11 is 5.84. The molecule has 2 aromatic carbocycles. The Morgan fingerprint density at radius 1 is 0.929 bits per heavy atom. The molecule has 0 atom stereocenters. The van der Waals surface area contributed by atoms with Crippen molar-refractivity contribution >= 4 is 37.3 Å². The van der Waals surface area contributed by atoms with Gasteiger partial charge in [0.15, 0.2) is 0 Å². The SMILES string of the molecule is Cc1cc(C)c(S(=O)(=O)NC(C)(C)C)cc1N(C)S(=O)(=O)c1ccc(Cl)cc1. The fourth-order valence-corrected chi connectivity index (χ4v) is 5.85. The average Bonchev–Trinajstić information content (AvgIpc) is 2.52. The van der Waals surface area contributed by atoms with Gasteiger partial charge in [-0.2, -0.15) is 0 Å². The minimum absolute atomic E-state index is 0.0428. The first-order valence-electron chi connectivity index (χ1n) is 8.55. The molecule has 2 aromatic rings. The molecule has 0 saturated heterocycles. The standard InChI is InChI=1S/C19H25ClN2O4S2/c1-13-11-14(2)18(27(23,24)21-19(3,4)5)12-17(13)22(6)28(25,26)16-9-7-15(20)8-10-16/h7-12,21H,1-6H3. The lowest BCUT2D eigenvalue weighted by Gasteiger charge is -2.25. The van der Waals surface area contributed by atoms with Crippen LogP contribution in [0.25, 0.3) is 0 Å². The van der Waals surface area contributed by atoms with Gasteiger partial charge in [-0.3, -0.25) is 4.31 Å². The molecule has 0 amide bonds. The summed E-state index contributed by atoms with van der Waals surface area (Å²) in [5, 5.41) is 0.426. The van der Waals surface area contributed by atoms with Crippen LogP contribution in [0.4, 0.5) is 5.69 Å². The number of nitrogens with zero attached hydrogens (tertiary/aromatic N) is 1. The van der Waals surface area contributed by atoms with Crippen molar-refractivity contribution in [1.82, 2.24) is 4.72 Å². The summed E-state index contributed by atoms with van der Waals surface area (Å²) < 4.78 is 55.3. The van der Waals surface area contributed by atoms with E-state index in [2.05, 4.69) is 4.72 Å². The number of nitrogens with one attached hydrogen (secondary N) is 1. The van der Waals surface area contributed by atoms with Crippen molar-refractivity contribution in [3.8, 4) is 0 Å². The van der Waals surface area contributed by atoms with Crippen LogP contribution in [0, 0.1) is 13.8 Å².